The van der Waals surface area contributed by atoms with Crippen molar-refractivity contribution < 1.29 is 0 Å². The second kappa shape index (κ2) is 4.30. The summed E-state index contributed by atoms with van der Waals surface area (Å²) in [5.74, 6) is 2.64. The van der Waals surface area contributed by atoms with Gasteiger partial charge in [-0.2, -0.15) is 11.8 Å². The van der Waals surface area contributed by atoms with Crippen molar-refractivity contribution in [2.45, 2.75) is 25.4 Å². The molecule has 2 heterocycles. The Balaban J connectivity index is 1.82. The third-order valence-electron chi connectivity index (χ3n) is 3.76. The first kappa shape index (κ1) is 10.5. The van der Waals surface area contributed by atoms with Crippen LogP contribution in [0.2, 0.25) is 0 Å². The summed E-state index contributed by atoms with van der Waals surface area (Å²) in [6, 6.07) is 7.13. The van der Waals surface area contributed by atoms with Crippen molar-refractivity contribution in [1.82, 2.24) is 4.90 Å². The predicted octanol–water partition coefficient (Wildman–Crippen LogP) is 2.13. The number of fused-ring (bicyclic) bond motifs is 1. The Hall–Kier alpha value is -0.670. The van der Waals surface area contributed by atoms with Gasteiger partial charge in [0.25, 0.3) is 0 Å². The number of nitrogens with two attached hydrogens (primary N) is 1. The first-order chi connectivity index (χ1) is 7.84. The topological polar surface area (TPSA) is 29.3 Å². The summed E-state index contributed by atoms with van der Waals surface area (Å²) in [7, 11) is 0. The summed E-state index contributed by atoms with van der Waals surface area (Å²) in [4.78, 5) is 2.62. The smallest absolute Gasteiger partial charge is 0.0362 e. The van der Waals surface area contributed by atoms with Crippen LogP contribution in [0.15, 0.2) is 18.2 Å². The van der Waals surface area contributed by atoms with Crippen molar-refractivity contribution in [3.05, 3.63) is 29.3 Å². The van der Waals surface area contributed by atoms with Crippen LogP contribution in [0.3, 0.4) is 0 Å². The first-order valence-electron chi connectivity index (χ1n) is 6.02. The molecule has 2 nitrogen and oxygen atoms in total. The van der Waals surface area contributed by atoms with Gasteiger partial charge >= 0.3 is 0 Å². The van der Waals surface area contributed by atoms with Gasteiger partial charge in [0.1, 0.15) is 0 Å². The summed E-state index contributed by atoms with van der Waals surface area (Å²) in [5, 5.41) is 0. The van der Waals surface area contributed by atoms with Gasteiger partial charge in [-0.25, -0.2) is 0 Å². The zero-order valence-electron chi connectivity index (χ0n) is 9.48. The van der Waals surface area contributed by atoms with Gasteiger partial charge in [-0.3, -0.25) is 4.90 Å². The molecule has 0 radical (unpaired) electrons. The lowest BCUT2D eigenvalue weighted by Gasteiger charge is -2.33. The Morgan fingerprint density at radius 1 is 1.38 bits per heavy atom. The van der Waals surface area contributed by atoms with Gasteiger partial charge in [0.05, 0.1) is 0 Å². The molecule has 86 valence electrons. The highest BCUT2D eigenvalue weighted by Crippen LogP contribution is 2.29. The second-order valence-electron chi connectivity index (χ2n) is 4.72. The highest BCUT2D eigenvalue weighted by molar-refractivity contribution is 7.99. The molecule has 0 saturated carbocycles. The Morgan fingerprint density at radius 2 is 2.31 bits per heavy atom. The van der Waals surface area contributed by atoms with Crippen LogP contribution >= 0.6 is 11.8 Å². The molecule has 2 N–H and O–H groups in total. The first-order valence-corrected chi connectivity index (χ1v) is 7.18. The molecule has 1 atom stereocenters. The van der Waals surface area contributed by atoms with E-state index in [-0.39, 0.29) is 0 Å². The summed E-state index contributed by atoms with van der Waals surface area (Å²) < 4.78 is 0. The lowest BCUT2D eigenvalue weighted by Crippen LogP contribution is -2.39. The average Bonchev–Trinajstić information content (AvgIpc) is 2.83. The van der Waals surface area contributed by atoms with Gasteiger partial charge in [-0.15, -0.1) is 0 Å². The van der Waals surface area contributed by atoms with E-state index in [9.17, 15) is 0 Å². The van der Waals surface area contributed by atoms with Crippen LogP contribution in [0.1, 0.15) is 17.5 Å². The molecule has 0 amide bonds. The molecule has 0 bridgehead atoms. The summed E-state index contributed by atoms with van der Waals surface area (Å²) in [6.45, 7) is 2.27. The highest BCUT2D eigenvalue weighted by Gasteiger charge is 2.26. The largest absolute Gasteiger partial charge is 0.398 e. The lowest BCUT2D eigenvalue weighted by atomic mass is 9.97. The fourth-order valence-corrected chi connectivity index (χ4v) is 4.00. The zero-order valence-corrected chi connectivity index (χ0v) is 10.3. The van der Waals surface area contributed by atoms with Gasteiger partial charge in [0.2, 0.25) is 0 Å². The van der Waals surface area contributed by atoms with Crippen LogP contribution in [0.5, 0.6) is 0 Å². The quantitative estimate of drug-likeness (QED) is 0.755. The average molecular weight is 234 g/mol. The van der Waals surface area contributed by atoms with Crippen LogP contribution in [0.25, 0.3) is 0 Å². The van der Waals surface area contributed by atoms with Crippen LogP contribution in [-0.2, 0) is 13.0 Å². The minimum atomic E-state index is 0.790. The minimum Gasteiger partial charge on any atom is -0.398 e. The van der Waals surface area contributed by atoms with Crippen molar-refractivity contribution in [3.8, 4) is 0 Å². The fourth-order valence-electron chi connectivity index (χ4n) is 2.75. The normalized spacial score (nSPS) is 25.6. The van der Waals surface area contributed by atoms with Crippen LogP contribution in [0.4, 0.5) is 5.69 Å². The molecular weight excluding hydrogens is 216 g/mol. The second-order valence-corrected chi connectivity index (χ2v) is 5.87. The van der Waals surface area contributed by atoms with Crippen molar-refractivity contribution in [3.63, 3.8) is 0 Å². The number of thioether (sulfide) groups is 1. The van der Waals surface area contributed by atoms with Gasteiger partial charge in [0, 0.05) is 30.6 Å². The maximum absolute atomic E-state index is 6.07. The molecule has 1 saturated heterocycles. The van der Waals surface area contributed by atoms with E-state index in [0.29, 0.717) is 0 Å². The van der Waals surface area contributed by atoms with Gasteiger partial charge < -0.3 is 5.73 Å². The number of hydrogen-bond acceptors (Lipinski definition) is 3. The molecule has 2 aliphatic heterocycles. The third kappa shape index (κ3) is 1.82. The molecule has 1 unspecified atom stereocenters. The molecular formula is C13H18N2S. The SMILES string of the molecule is Nc1cccc2c1CN(C1CCSC1)CC2. The number of benzene rings is 1. The fraction of sp³-hybridized carbons (Fsp3) is 0.538. The standard InChI is InChI=1S/C13H18N2S/c14-13-3-1-2-10-4-6-15(8-12(10)13)11-5-7-16-9-11/h1-3,11H,4-9,14H2. The zero-order chi connectivity index (χ0) is 11.0. The molecule has 1 aromatic carbocycles. The highest BCUT2D eigenvalue weighted by atomic mass is 32.2. The molecule has 1 fully saturated rings. The molecule has 16 heavy (non-hydrogen) atoms. The van der Waals surface area contributed by atoms with Gasteiger partial charge in [0.15, 0.2) is 0 Å². The van der Waals surface area contributed by atoms with E-state index in [4.69, 9.17) is 5.73 Å². The number of rotatable bonds is 1. The van der Waals surface area contributed by atoms with Crippen molar-refractivity contribution >= 4 is 17.4 Å². The number of nitrogens with zero attached hydrogens (tertiary/aromatic N) is 1. The lowest BCUT2D eigenvalue weighted by molar-refractivity contribution is 0.195. The molecule has 2 aliphatic rings. The van der Waals surface area contributed by atoms with E-state index in [2.05, 4.69) is 28.8 Å². The van der Waals surface area contributed by atoms with Crippen LogP contribution in [0, 0.1) is 0 Å². The molecule has 0 aromatic heterocycles. The Kier molecular flexibility index (Phi) is 2.82. The monoisotopic (exact) mass is 234 g/mol. The Morgan fingerprint density at radius 3 is 3.12 bits per heavy atom. The number of nitrogen functional groups attached to an aromatic ring is 1. The van der Waals surface area contributed by atoms with E-state index >= 15 is 0 Å². The van der Waals surface area contributed by atoms with Gasteiger partial charge in [-0.05, 0) is 35.8 Å². The molecule has 3 rings (SSSR count). The van der Waals surface area contributed by atoms with Crippen molar-refractivity contribution in [1.29, 1.82) is 0 Å². The van der Waals surface area contributed by atoms with Crippen LogP contribution in [-0.4, -0.2) is 29.0 Å². The maximum Gasteiger partial charge on any atom is 0.0362 e. The van der Waals surface area contributed by atoms with E-state index in [0.717, 1.165) is 18.3 Å². The Labute approximate surface area is 101 Å². The molecule has 0 spiro atoms. The van der Waals surface area contributed by atoms with E-state index in [1.807, 2.05) is 6.07 Å². The summed E-state index contributed by atoms with van der Waals surface area (Å²) in [6.07, 6.45) is 2.52. The van der Waals surface area contributed by atoms with Crippen molar-refractivity contribution in [2.24, 2.45) is 0 Å². The van der Waals surface area contributed by atoms with Crippen molar-refractivity contribution in [2.75, 3.05) is 23.8 Å². The third-order valence-corrected chi connectivity index (χ3v) is 4.91. The van der Waals surface area contributed by atoms with Crippen LogP contribution < -0.4 is 5.73 Å². The minimum absolute atomic E-state index is 0.790. The Bertz CT molecular complexity index is 386. The molecule has 0 aliphatic carbocycles. The summed E-state index contributed by atoms with van der Waals surface area (Å²) in [5.41, 5.74) is 9.89. The van der Waals surface area contributed by atoms with Gasteiger partial charge in [-0.1, -0.05) is 12.1 Å². The summed E-state index contributed by atoms with van der Waals surface area (Å²) >= 11 is 2.09. The number of hydrogen-bond donors (Lipinski definition) is 1. The number of anilines is 1. The maximum atomic E-state index is 6.07. The van der Waals surface area contributed by atoms with E-state index < -0.39 is 0 Å². The molecule has 3 heteroatoms. The predicted molar refractivity (Wildman–Crippen MR) is 70.7 cm³/mol. The molecule has 1 aromatic rings. The van der Waals surface area contributed by atoms with E-state index in [1.165, 1.54) is 42.0 Å². The van der Waals surface area contributed by atoms with E-state index in [1.54, 1.807) is 0 Å².